The van der Waals surface area contributed by atoms with Gasteiger partial charge in [0.05, 0.1) is 21.8 Å². The summed E-state index contributed by atoms with van der Waals surface area (Å²) in [5.74, 6) is -2.70. The fourth-order valence-electron chi connectivity index (χ4n) is 1.58. The maximum Gasteiger partial charge on any atom is 0.258 e. The van der Waals surface area contributed by atoms with E-state index in [0.717, 1.165) is 6.07 Å². The fraction of sp³-hybridized carbons (Fsp3) is 0. The Hall–Kier alpha value is -2.45. The summed E-state index contributed by atoms with van der Waals surface area (Å²) in [6.07, 6.45) is 0. The zero-order chi connectivity index (χ0) is 14.7. The molecule has 6 heteroatoms. The summed E-state index contributed by atoms with van der Waals surface area (Å²) in [6.45, 7) is 0. The van der Waals surface area contributed by atoms with Crippen LogP contribution in [0.2, 0.25) is 5.02 Å². The first kappa shape index (κ1) is 14.0. The van der Waals surface area contributed by atoms with Gasteiger partial charge in [0, 0.05) is 0 Å². The number of rotatable bonds is 2. The Morgan fingerprint density at radius 3 is 2.60 bits per heavy atom. The van der Waals surface area contributed by atoms with Crippen molar-refractivity contribution in [2.45, 2.75) is 0 Å². The summed E-state index contributed by atoms with van der Waals surface area (Å²) in [6, 6.07) is 9.53. The molecule has 2 aromatic rings. The molecule has 100 valence electrons. The van der Waals surface area contributed by atoms with Crippen LogP contribution in [0.3, 0.4) is 0 Å². The standard InChI is InChI=1S/C14H7ClF2N2O/c15-10-6-11(16)9(5-12(10)17)14(20)19-13-4-2-1-3-8(13)7-18/h1-6H,(H,19,20). The molecule has 2 rings (SSSR count). The number of halogens is 3. The van der Waals surface area contributed by atoms with Gasteiger partial charge in [-0.3, -0.25) is 4.79 Å². The van der Waals surface area contributed by atoms with Gasteiger partial charge in [0.1, 0.15) is 17.7 Å². The molecule has 1 N–H and O–H groups in total. The average molecular weight is 293 g/mol. The molecule has 0 aliphatic heterocycles. The van der Waals surface area contributed by atoms with Gasteiger partial charge in [-0.05, 0) is 24.3 Å². The van der Waals surface area contributed by atoms with Gasteiger partial charge in [0.15, 0.2) is 0 Å². The number of hydrogen-bond acceptors (Lipinski definition) is 2. The van der Waals surface area contributed by atoms with Crippen molar-refractivity contribution in [2.24, 2.45) is 0 Å². The van der Waals surface area contributed by atoms with Crippen molar-refractivity contribution in [3.05, 3.63) is 64.2 Å². The monoisotopic (exact) mass is 292 g/mol. The predicted molar refractivity (Wildman–Crippen MR) is 70.5 cm³/mol. The molecule has 0 saturated heterocycles. The maximum atomic E-state index is 13.6. The van der Waals surface area contributed by atoms with E-state index in [0.29, 0.717) is 6.07 Å². The van der Waals surface area contributed by atoms with Crippen molar-refractivity contribution in [3.63, 3.8) is 0 Å². The first-order chi connectivity index (χ1) is 9.52. The third-order valence-corrected chi connectivity index (χ3v) is 2.84. The molecule has 0 saturated carbocycles. The Morgan fingerprint density at radius 2 is 1.90 bits per heavy atom. The molecule has 0 atom stereocenters. The number of amides is 1. The smallest absolute Gasteiger partial charge is 0.258 e. The first-order valence-electron chi connectivity index (χ1n) is 5.48. The number of carbonyl (C=O) groups excluding carboxylic acids is 1. The van der Waals surface area contributed by atoms with Crippen molar-refractivity contribution < 1.29 is 13.6 Å². The van der Waals surface area contributed by atoms with Crippen molar-refractivity contribution in [1.82, 2.24) is 0 Å². The Bertz CT molecular complexity index is 726. The van der Waals surface area contributed by atoms with E-state index in [1.165, 1.54) is 12.1 Å². The van der Waals surface area contributed by atoms with Gasteiger partial charge < -0.3 is 5.32 Å². The summed E-state index contributed by atoms with van der Waals surface area (Å²) < 4.78 is 26.9. The quantitative estimate of drug-likeness (QED) is 0.857. The molecule has 0 aliphatic carbocycles. The van der Waals surface area contributed by atoms with E-state index in [1.54, 1.807) is 12.1 Å². The molecule has 0 bridgehead atoms. The second-order valence-electron chi connectivity index (χ2n) is 3.86. The van der Waals surface area contributed by atoms with Crippen LogP contribution >= 0.6 is 11.6 Å². The minimum atomic E-state index is -0.941. The molecule has 20 heavy (non-hydrogen) atoms. The lowest BCUT2D eigenvalue weighted by Crippen LogP contribution is -2.15. The SMILES string of the molecule is N#Cc1ccccc1NC(=O)c1cc(F)c(Cl)cc1F. The number of para-hydroxylation sites is 1. The number of carbonyl (C=O) groups is 1. The van der Waals surface area contributed by atoms with Crippen LogP contribution in [0, 0.1) is 23.0 Å². The van der Waals surface area contributed by atoms with Crippen molar-refractivity contribution in [3.8, 4) is 6.07 Å². The number of nitrogens with zero attached hydrogens (tertiary/aromatic N) is 1. The Balaban J connectivity index is 2.34. The number of hydrogen-bond donors (Lipinski definition) is 1. The van der Waals surface area contributed by atoms with Crippen LogP contribution in [0.25, 0.3) is 0 Å². The molecule has 0 aromatic heterocycles. The largest absolute Gasteiger partial charge is 0.321 e. The normalized spacial score (nSPS) is 9.90. The number of nitriles is 1. The lowest BCUT2D eigenvalue weighted by Gasteiger charge is -2.08. The zero-order valence-electron chi connectivity index (χ0n) is 9.95. The molecular weight excluding hydrogens is 286 g/mol. The summed E-state index contributed by atoms with van der Waals surface area (Å²) in [5, 5.41) is 10.8. The molecule has 0 heterocycles. The van der Waals surface area contributed by atoms with E-state index in [-0.39, 0.29) is 11.3 Å². The van der Waals surface area contributed by atoms with E-state index in [1.807, 2.05) is 6.07 Å². The van der Waals surface area contributed by atoms with E-state index >= 15 is 0 Å². The molecule has 0 spiro atoms. The van der Waals surface area contributed by atoms with Crippen LogP contribution in [0.5, 0.6) is 0 Å². The van der Waals surface area contributed by atoms with Crippen molar-refractivity contribution in [2.75, 3.05) is 5.32 Å². The van der Waals surface area contributed by atoms with Gasteiger partial charge in [-0.15, -0.1) is 0 Å². The lowest BCUT2D eigenvalue weighted by molar-refractivity contribution is 0.102. The lowest BCUT2D eigenvalue weighted by atomic mass is 10.1. The summed E-state index contributed by atoms with van der Waals surface area (Å²) in [4.78, 5) is 11.9. The van der Waals surface area contributed by atoms with Gasteiger partial charge in [-0.2, -0.15) is 5.26 Å². The average Bonchev–Trinajstić information content (AvgIpc) is 2.43. The highest BCUT2D eigenvalue weighted by Gasteiger charge is 2.16. The van der Waals surface area contributed by atoms with Gasteiger partial charge in [-0.25, -0.2) is 8.78 Å². The van der Waals surface area contributed by atoms with Gasteiger partial charge in [0.25, 0.3) is 5.91 Å². The first-order valence-corrected chi connectivity index (χ1v) is 5.85. The molecule has 0 aliphatic rings. The van der Waals surface area contributed by atoms with Crippen LogP contribution < -0.4 is 5.32 Å². The predicted octanol–water partition coefficient (Wildman–Crippen LogP) is 3.74. The van der Waals surface area contributed by atoms with Crippen LogP contribution in [0.4, 0.5) is 14.5 Å². The number of nitrogens with one attached hydrogen (secondary N) is 1. The van der Waals surface area contributed by atoms with E-state index in [2.05, 4.69) is 5.32 Å². The minimum Gasteiger partial charge on any atom is -0.321 e. The fourth-order valence-corrected chi connectivity index (χ4v) is 1.73. The molecule has 0 unspecified atom stereocenters. The van der Waals surface area contributed by atoms with Gasteiger partial charge in [-0.1, -0.05) is 23.7 Å². The third kappa shape index (κ3) is 2.76. The van der Waals surface area contributed by atoms with Crippen molar-refractivity contribution >= 4 is 23.2 Å². The van der Waals surface area contributed by atoms with Crippen LogP contribution in [-0.2, 0) is 0 Å². The molecule has 2 aromatic carbocycles. The highest BCUT2D eigenvalue weighted by molar-refractivity contribution is 6.30. The Morgan fingerprint density at radius 1 is 1.20 bits per heavy atom. The summed E-state index contributed by atoms with van der Waals surface area (Å²) in [7, 11) is 0. The highest BCUT2D eigenvalue weighted by Crippen LogP contribution is 2.21. The topological polar surface area (TPSA) is 52.9 Å². The minimum absolute atomic E-state index is 0.217. The second kappa shape index (κ2) is 5.68. The van der Waals surface area contributed by atoms with Crippen LogP contribution in [0.1, 0.15) is 15.9 Å². The van der Waals surface area contributed by atoms with E-state index < -0.39 is 28.1 Å². The van der Waals surface area contributed by atoms with E-state index in [9.17, 15) is 13.6 Å². The van der Waals surface area contributed by atoms with Crippen molar-refractivity contribution in [1.29, 1.82) is 5.26 Å². The van der Waals surface area contributed by atoms with E-state index in [4.69, 9.17) is 16.9 Å². The maximum absolute atomic E-state index is 13.6. The van der Waals surface area contributed by atoms with Gasteiger partial charge in [0.2, 0.25) is 0 Å². The third-order valence-electron chi connectivity index (χ3n) is 2.55. The Kier molecular flexibility index (Phi) is 3.97. The molecule has 0 fully saturated rings. The van der Waals surface area contributed by atoms with Gasteiger partial charge >= 0.3 is 0 Å². The Labute approximate surface area is 118 Å². The van der Waals surface area contributed by atoms with Crippen LogP contribution in [-0.4, -0.2) is 5.91 Å². The summed E-state index contributed by atoms with van der Waals surface area (Å²) in [5.41, 5.74) is -0.0508. The zero-order valence-corrected chi connectivity index (χ0v) is 10.7. The van der Waals surface area contributed by atoms with Crippen LogP contribution in [0.15, 0.2) is 36.4 Å². The molecule has 1 amide bonds. The number of anilines is 1. The highest BCUT2D eigenvalue weighted by atomic mass is 35.5. The second-order valence-corrected chi connectivity index (χ2v) is 4.26. The summed E-state index contributed by atoms with van der Waals surface area (Å²) >= 11 is 5.41. The number of benzene rings is 2. The molecular formula is C14H7ClF2N2O. The molecule has 3 nitrogen and oxygen atoms in total. The molecule has 0 radical (unpaired) electrons.